The number of imidazole rings is 1. The van der Waals surface area contributed by atoms with Gasteiger partial charge in [0, 0.05) is 31.9 Å². The Morgan fingerprint density at radius 2 is 2.00 bits per heavy atom. The molecule has 0 bridgehead atoms. The van der Waals surface area contributed by atoms with E-state index in [1.807, 2.05) is 6.07 Å². The Morgan fingerprint density at radius 3 is 2.65 bits per heavy atom. The SMILES string of the molecule is COc1cc(S(=O)(=O)N(C)C)ccc1-c1cn2ncccc2n1. The molecule has 7 nitrogen and oxygen atoms in total. The Morgan fingerprint density at radius 1 is 1.22 bits per heavy atom. The van der Waals surface area contributed by atoms with Crippen molar-refractivity contribution in [2.75, 3.05) is 21.2 Å². The molecule has 0 saturated heterocycles. The molecule has 0 N–H and O–H groups in total. The molecule has 23 heavy (non-hydrogen) atoms. The van der Waals surface area contributed by atoms with Crippen LogP contribution >= 0.6 is 0 Å². The van der Waals surface area contributed by atoms with Crippen molar-refractivity contribution in [1.82, 2.24) is 18.9 Å². The van der Waals surface area contributed by atoms with Gasteiger partial charge in [-0.05, 0) is 24.3 Å². The Hall–Kier alpha value is -2.45. The zero-order valence-corrected chi connectivity index (χ0v) is 13.8. The van der Waals surface area contributed by atoms with Crippen LogP contribution in [0.2, 0.25) is 0 Å². The van der Waals surface area contributed by atoms with E-state index in [9.17, 15) is 8.42 Å². The maximum absolute atomic E-state index is 12.2. The highest BCUT2D eigenvalue weighted by Crippen LogP contribution is 2.32. The van der Waals surface area contributed by atoms with Crippen LogP contribution in [0, 0.1) is 0 Å². The lowest BCUT2D eigenvalue weighted by molar-refractivity contribution is 0.414. The van der Waals surface area contributed by atoms with Gasteiger partial charge >= 0.3 is 0 Å². The molecule has 1 aromatic carbocycles. The van der Waals surface area contributed by atoms with Crippen LogP contribution in [-0.4, -0.2) is 48.5 Å². The number of rotatable bonds is 4. The molecule has 0 fully saturated rings. The second-order valence-electron chi connectivity index (χ2n) is 5.10. The molecule has 0 aliphatic rings. The van der Waals surface area contributed by atoms with Gasteiger partial charge in [0.05, 0.1) is 23.9 Å². The van der Waals surface area contributed by atoms with Gasteiger partial charge < -0.3 is 4.74 Å². The molecule has 2 heterocycles. The highest BCUT2D eigenvalue weighted by molar-refractivity contribution is 7.89. The molecule has 0 spiro atoms. The van der Waals surface area contributed by atoms with Gasteiger partial charge in [-0.15, -0.1) is 0 Å². The first kappa shape index (κ1) is 15.4. The third-order valence-corrected chi connectivity index (χ3v) is 5.28. The normalized spacial score (nSPS) is 12.0. The van der Waals surface area contributed by atoms with Crippen LogP contribution in [0.1, 0.15) is 0 Å². The summed E-state index contributed by atoms with van der Waals surface area (Å²) in [5, 5.41) is 4.17. The zero-order valence-electron chi connectivity index (χ0n) is 13.0. The summed E-state index contributed by atoms with van der Waals surface area (Å²) in [5.74, 6) is 0.441. The molecule has 0 atom stereocenters. The van der Waals surface area contributed by atoms with E-state index in [1.54, 1.807) is 35.1 Å². The van der Waals surface area contributed by atoms with E-state index in [0.29, 0.717) is 22.7 Å². The average Bonchev–Trinajstić information content (AvgIpc) is 2.97. The van der Waals surface area contributed by atoms with Gasteiger partial charge in [-0.25, -0.2) is 22.2 Å². The predicted octanol–water partition coefficient (Wildman–Crippen LogP) is 1.66. The van der Waals surface area contributed by atoms with Crippen LogP contribution < -0.4 is 4.74 Å². The largest absolute Gasteiger partial charge is 0.496 e. The Labute approximate surface area is 134 Å². The summed E-state index contributed by atoms with van der Waals surface area (Å²) in [7, 11) is 0.960. The van der Waals surface area contributed by atoms with Crippen molar-refractivity contribution in [3.8, 4) is 17.0 Å². The lowest BCUT2D eigenvalue weighted by Crippen LogP contribution is -2.22. The number of aromatic nitrogens is 3. The number of benzene rings is 1. The molecule has 120 valence electrons. The van der Waals surface area contributed by atoms with Gasteiger partial charge in [0.2, 0.25) is 10.0 Å². The Bertz CT molecular complexity index is 931. The van der Waals surface area contributed by atoms with Gasteiger partial charge in [0.25, 0.3) is 0 Å². The fourth-order valence-electron chi connectivity index (χ4n) is 2.22. The minimum absolute atomic E-state index is 0.171. The molecule has 0 aliphatic carbocycles. The third kappa shape index (κ3) is 2.66. The first-order chi connectivity index (χ1) is 10.9. The zero-order chi connectivity index (χ0) is 16.6. The summed E-state index contributed by atoms with van der Waals surface area (Å²) in [6.07, 6.45) is 3.44. The van der Waals surface area contributed by atoms with Crippen LogP contribution in [0.25, 0.3) is 16.9 Å². The van der Waals surface area contributed by atoms with E-state index in [0.717, 1.165) is 4.31 Å². The van der Waals surface area contributed by atoms with Crippen LogP contribution in [0.3, 0.4) is 0 Å². The molecule has 0 radical (unpaired) electrons. The topological polar surface area (TPSA) is 76.8 Å². The third-order valence-electron chi connectivity index (χ3n) is 3.46. The number of fused-ring (bicyclic) bond motifs is 1. The van der Waals surface area contributed by atoms with E-state index in [-0.39, 0.29) is 4.90 Å². The van der Waals surface area contributed by atoms with Crippen molar-refractivity contribution in [2.24, 2.45) is 0 Å². The standard InChI is InChI=1S/C15H16N4O3S/c1-18(2)23(20,21)11-6-7-12(14(9-11)22-3)13-10-19-15(17-13)5-4-8-16-19/h4-10H,1-3H3. The maximum Gasteiger partial charge on any atom is 0.242 e. The Balaban J connectivity index is 2.13. The van der Waals surface area contributed by atoms with Crippen molar-refractivity contribution in [3.63, 3.8) is 0 Å². The smallest absolute Gasteiger partial charge is 0.242 e. The van der Waals surface area contributed by atoms with Gasteiger partial charge in [-0.2, -0.15) is 5.10 Å². The molecular weight excluding hydrogens is 316 g/mol. The van der Waals surface area contributed by atoms with Crippen molar-refractivity contribution in [1.29, 1.82) is 0 Å². The van der Waals surface area contributed by atoms with Gasteiger partial charge in [-0.3, -0.25) is 0 Å². The summed E-state index contributed by atoms with van der Waals surface area (Å²) >= 11 is 0. The van der Waals surface area contributed by atoms with Crippen LogP contribution in [-0.2, 0) is 10.0 Å². The lowest BCUT2D eigenvalue weighted by Gasteiger charge is -2.13. The van der Waals surface area contributed by atoms with Crippen molar-refractivity contribution in [3.05, 3.63) is 42.7 Å². The van der Waals surface area contributed by atoms with Crippen LogP contribution in [0.4, 0.5) is 0 Å². The van der Waals surface area contributed by atoms with E-state index < -0.39 is 10.0 Å². The maximum atomic E-state index is 12.2. The minimum atomic E-state index is -3.52. The average molecular weight is 332 g/mol. The van der Waals surface area contributed by atoms with Crippen molar-refractivity contribution < 1.29 is 13.2 Å². The van der Waals surface area contributed by atoms with Crippen LogP contribution in [0.15, 0.2) is 47.6 Å². The second kappa shape index (κ2) is 5.64. The first-order valence-corrected chi connectivity index (χ1v) is 8.29. The fourth-order valence-corrected chi connectivity index (χ4v) is 3.13. The van der Waals surface area contributed by atoms with E-state index in [4.69, 9.17) is 4.74 Å². The van der Waals surface area contributed by atoms with E-state index in [2.05, 4.69) is 10.1 Å². The van der Waals surface area contributed by atoms with Gasteiger partial charge in [0.15, 0.2) is 5.65 Å². The molecule has 0 saturated carbocycles. The number of hydrogen-bond donors (Lipinski definition) is 0. The molecule has 8 heteroatoms. The molecule has 0 aliphatic heterocycles. The molecular formula is C15H16N4O3S. The van der Waals surface area contributed by atoms with Crippen LogP contribution in [0.5, 0.6) is 5.75 Å². The van der Waals surface area contributed by atoms with Crippen molar-refractivity contribution >= 4 is 15.7 Å². The summed E-state index contributed by atoms with van der Waals surface area (Å²) in [4.78, 5) is 4.65. The number of hydrogen-bond acceptors (Lipinski definition) is 5. The molecule has 0 unspecified atom stereocenters. The van der Waals surface area contributed by atoms with Crippen molar-refractivity contribution in [2.45, 2.75) is 4.90 Å². The summed E-state index contributed by atoms with van der Waals surface area (Å²) in [6.45, 7) is 0. The minimum Gasteiger partial charge on any atom is -0.496 e. The lowest BCUT2D eigenvalue weighted by atomic mass is 10.1. The summed E-state index contributed by atoms with van der Waals surface area (Å²) < 4.78 is 32.6. The number of ether oxygens (including phenoxy) is 1. The van der Waals surface area contributed by atoms with E-state index in [1.165, 1.54) is 27.3 Å². The summed E-state index contributed by atoms with van der Waals surface area (Å²) in [6, 6.07) is 8.38. The quantitative estimate of drug-likeness (QED) is 0.726. The fraction of sp³-hybridized carbons (Fsp3) is 0.200. The number of nitrogens with zero attached hydrogens (tertiary/aromatic N) is 4. The predicted molar refractivity (Wildman–Crippen MR) is 85.8 cm³/mol. The van der Waals surface area contributed by atoms with E-state index >= 15 is 0 Å². The molecule has 3 rings (SSSR count). The molecule has 0 amide bonds. The number of sulfonamides is 1. The number of methoxy groups -OCH3 is 1. The second-order valence-corrected chi connectivity index (χ2v) is 7.25. The first-order valence-electron chi connectivity index (χ1n) is 6.85. The van der Waals surface area contributed by atoms with Gasteiger partial charge in [0.1, 0.15) is 5.75 Å². The highest BCUT2D eigenvalue weighted by atomic mass is 32.2. The summed E-state index contributed by atoms with van der Waals surface area (Å²) in [5.41, 5.74) is 2.07. The van der Waals surface area contributed by atoms with Gasteiger partial charge in [-0.1, -0.05) is 0 Å². The molecule has 2 aromatic heterocycles. The Kier molecular flexibility index (Phi) is 3.78. The highest BCUT2D eigenvalue weighted by Gasteiger charge is 2.20. The monoisotopic (exact) mass is 332 g/mol. The molecule has 3 aromatic rings.